The quantitative estimate of drug-likeness (QED) is 0.731. The number of hydrogen-bond acceptors (Lipinski definition) is 5. The van der Waals surface area contributed by atoms with Crippen LogP contribution in [0.15, 0.2) is 51.5 Å². The summed E-state index contributed by atoms with van der Waals surface area (Å²) in [6, 6.07) is 12.9. The third-order valence-electron chi connectivity index (χ3n) is 2.99. The minimum atomic E-state index is 0.398. The molecule has 0 aliphatic rings. The number of para-hydroxylation sites is 1. The lowest BCUT2D eigenvalue weighted by Gasteiger charge is -2.03. The zero-order chi connectivity index (χ0) is 14.8. The number of nitrogen functional groups attached to an aromatic ring is 1. The van der Waals surface area contributed by atoms with Gasteiger partial charge in [-0.3, -0.25) is 0 Å². The van der Waals surface area contributed by atoms with Gasteiger partial charge in [-0.1, -0.05) is 17.3 Å². The highest BCUT2D eigenvalue weighted by Crippen LogP contribution is 2.32. The zero-order valence-electron chi connectivity index (χ0n) is 11.2. The molecule has 1 heterocycles. The molecule has 2 N–H and O–H groups in total. The summed E-state index contributed by atoms with van der Waals surface area (Å²) >= 11 is 3.45. The number of nitrogens with two attached hydrogens (primary N) is 1. The molecule has 3 aromatic rings. The molecule has 0 amide bonds. The Hall–Kier alpha value is -2.34. The molecule has 2 aromatic carbocycles. The standard InChI is InChI=1S/C15H12BrN3O2/c1-20-13-5-3-2-4-10(13)14-18-15(21-19-14)11-8-9(17)6-7-12(11)16/h2-8H,17H2,1H3. The third kappa shape index (κ3) is 2.62. The molecule has 0 fully saturated rings. The first kappa shape index (κ1) is 13.6. The summed E-state index contributed by atoms with van der Waals surface area (Å²) in [6.07, 6.45) is 0. The fourth-order valence-corrected chi connectivity index (χ4v) is 2.39. The summed E-state index contributed by atoms with van der Waals surface area (Å²) in [5, 5.41) is 4.01. The first-order chi connectivity index (χ1) is 10.2. The normalized spacial score (nSPS) is 10.6. The number of methoxy groups -OCH3 is 1. The van der Waals surface area contributed by atoms with Crippen LogP contribution in [0.25, 0.3) is 22.8 Å². The van der Waals surface area contributed by atoms with E-state index in [-0.39, 0.29) is 0 Å². The summed E-state index contributed by atoms with van der Waals surface area (Å²) in [5.74, 6) is 1.56. The highest BCUT2D eigenvalue weighted by molar-refractivity contribution is 9.10. The number of halogens is 1. The average molecular weight is 346 g/mol. The van der Waals surface area contributed by atoms with Gasteiger partial charge < -0.3 is 15.0 Å². The van der Waals surface area contributed by atoms with Crippen LogP contribution in [0.1, 0.15) is 0 Å². The van der Waals surface area contributed by atoms with E-state index in [0.717, 1.165) is 15.6 Å². The Labute approximate surface area is 129 Å². The topological polar surface area (TPSA) is 74.2 Å². The summed E-state index contributed by atoms with van der Waals surface area (Å²) in [6.45, 7) is 0. The van der Waals surface area contributed by atoms with E-state index in [9.17, 15) is 0 Å². The van der Waals surface area contributed by atoms with Gasteiger partial charge in [0, 0.05) is 10.2 Å². The molecule has 5 nitrogen and oxygen atoms in total. The first-order valence-electron chi connectivity index (χ1n) is 6.21. The Kier molecular flexibility index (Phi) is 3.62. The van der Waals surface area contributed by atoms with Crippen molar-refractivity contribution in [2.75, 3.05) is 12.8 Å². The van der Waals surface area contributed by atoms with E-state index in [1.807, 2.05) is 30.3 Å². The lowest BCUT2D eigenvalue weighted by molar-refractivity contribution is 0.413. The molecule has 0 aliphatic heterocycles. The van der Waals surface area contributed by atoms with Crippen molar-refractivity contribution in [2.24, 2.45) is 0 Å². The average Bonchev–Trinajstić information content (AvgIpc) is 2.99. The second-order valence-electron chi connectivity index (χ2n) is 4.36. The van der Waals surface area contributed by atoms with Crippen LogP contribution in [0, 0.1) is 0 Å². The van der Waals surface area contributed by atoms with Crippen molar-refractivity contribution < 1.29 is 9.26 Å². The number of rotatable bonds is 3. The molecule has 0 saturated heterocycles. The second kappa shape index (κ2) is 5.57. The number of aromatic nitrogens is 2. The first-order valence-corrected chi connectivity index (χ1v) is 7.01. The Morgan fingerprint density at radius 2 is 1.95 bits per heavy atom. The highest BCUT2D eigenvalue weighted by Gasteiger charge is 2.15. The third-order valence-corrected chi connectivity index (χ3v) is 3.69. The van der Waals surface area contributed by atoms with Crippen LogP contribution in [0.4, 0.5) is 5.69 Å². The molecule has 0 radical (unpaired) electrons. The second-order valence-corrected chi connectivity index (χ2v) is 5.22. The van der Waals surface area contributed by atoms with Gasteiger partial charge in [0.2, 0.25) is 5.82 Å². The number of ether oxygens (including phenoxy) is 1. The van der Waals surface area contributed by atoms with Gasteiger partial charge in [0.25, 0.3) is 5.89 Å². The number of hydrogen-bond donors (Lipinski definition) is 1. The van der Waals surface area contributed by atoms with Crippen LogP contribution in [0.3, 0.4) is 0 Å². The minimum Gasteiger partial charge on any atom is -0.496 e. The summed E-state index contributed by atoms with van der Waals surface area (Å²) in [5.41, 5.74) is 7.95. The van der Waals surface area contributed by atoms with Crippen LogP contribution in [0.5, 0.6) is 5.75 Å². The molecule has 0 atom stereocenters. The maximum absolute atomic E-state index is 5.80. The summed E-state index contributed by atoms with van der Waals surface area (Å²) < 4.78 is 11.5. The molecule has 0 spiro atoms. The monoisotopic (exact) mass is 345 g/mol. The Balaban J connectivity index is 2.06. The van der Waals surface area contributed by atoms with E-state index < -0.39 is 0 Å². The van der Waals surface area contributed by atoms with E-state index in [1.165, 1.54) is 0 Å². The van der Waals surface area contributed by atoms with Crippen LogP contribution in [-0.4, -0.2) is 17.3 Å². The van der Waals surface area contributed by atoms with Crippen LogP contribution in [0.2, 0.25) is 0 Å². The van der Waals surface area contributed by atoms with Gasteiger partial charge in [0.15, 0.2) is 0 Å². The predicted octanol–water partition coefficient (Wildman–Crippen LogP) is 3.76. The van der Waals surface area contributed by atoms with Gasteiger partial charge in [-0.05, 0) is 46.3 Å². The van der Waals surface area contributed by atoms with E-state index in [4.69, 9.17) is 15.0 Å². The molecule has 106 valence electrons. The van der Waals surface area contributed by atoms with Gasteiger partial charge in [-0.15, -0.1) is 0 Å². The molecule has 0 bridgehead atoms. The largest absolute Gasteiger partial charge is 0.496 e. The van der Waals surface area contributed by atoms with Crippen molar-refractivity contribution in [3.8, 4) is 28.6 Å². The number of anilines is 1. The van der Waals surface area contributed by atoms with E-state index >= 15 is 0 Å². The van der Waals surface area contributed by atoms with Gasteiger partial charge in [0.05, 0.1) is 18.2 Å². The Morgan fingerprint density at radius 1 is 1.14 bits per heavy atom. The van der Waals surface area contributed by atoms with Gasteiger partial charge >= 0.3 is 0 Å². The van der Waals surface area contributed by atoms with Gasteiger partial charge in [-0.2, -0.15) is 4.98 Å². The number of benzene rings is 2. The summed E-state index contributed by atoms with van der Waals surface area (Å²) in [4.78, 5) is 4.42. The maximum atomic E-state index is 5.80. The zero-order valence-corrected chi connectivity index (χ0v) is 12.8. The van der Waals surface area contributed by atoms with Crippen molar-refractivity contribution >= 4 is 21.6 Å². The molecule has 6 heteroatoms. The Bertz CT molecular complexity index is 786. The minimum absolute atomic E-state index is 0.398. The lowest BCUT2D eigenvalue weighted by atomic mass is 10.2. The van der Waals surface area contributed by atoms with Crippen molar-refractivity contribution in [1.29, 1.82) is 0 Å². The molecule has 0 saturated carbocycles. The van der Waals surface area contributed by atoms with E-state index in [0.29, 0.717) is 23.2 Å². The van der Waals surface area contributed by atoms with Crippen molar-refractivity contribution in [1.82, 2.24) is 10.1 Å². The molecule has 0 unspecified atom stereocenters. The molecular formula is C15H12BrN3O2. The smallest absolute Gasteiger partial charge is 0.259 e. The summed E-state index contributed by atoms with van der Waals surface area (Å²) in [7, 11) is 1.61. The van der Waals surface area contributed by atoms with Crippen LogP contribution < -0.4 is 10.5 Å². The van der Waals surface area contributed by atoms with Gasteiger partial charge in [-0.25, -0.2) is 0 Å². The van der Waals surface area contributed by atoms with Gasteiger partial charge in [0.1, 0.15) is 5.75 Å². The van der Waals surface area contributed by atoms with E-state index in [1.54, 1.807) is 19.2 Å². The lowest BCUT2D eigenvalue weighted by Crippen LogP contribution is -1.89. The van der Waals surface area contributed by atoms with Crippen molar-refractivity contribution in [3.63, 3.8) is 0 Å². The van der Waals surface area contributed by atoms with Crippen LogP contribution >= 0.6 is 15.9 Å². The fourth-order valence-electron chi connectivity index (χ4n) is 1.98. The maximum Gasteiger partial charge on any atom is 0.259 e. The molecule has 0 aliphatic carbocycles. The predicted molar refractivity (Wildman–Crippen MR) is 83.8 cm³/mol. The van der Waals surface area contributed by atoms with Crippen molar-refractivity contribution in [3.05, 3.63) is 46.9 Å². The van der Waals surface area contributed by atoms with E-state index in [2.05, 4.69) is 26.1 Å². The molecular weight excluding hydrogens is 334 g/mol. The molecule has 21 heavy (non-hydrogen) atoms. The SMILES string of the molecule is COc1ccccc1-c1noc(-c2cc(N)ccc2Br)n1. The molecule has 1 aromatic heterocycles. The number of nitrogens with zero attached hydrogens (tertiary/aromatic N) is 2. The Morgan fingerprint density at radius 3 is 2.76 bits per heavy atom. The highest BCUT2D eigenvalue weighted by atomic mass is 79.9. The van der Waals surface area contributed by atoms with Crippen molar-refractivity contribution in [2.45, 2.75) is 0 Å². The fraction of sp³-hybridized carbons (Fsp3) is 0.0667. The van der Waals surface area contributed by atoms with Crippen LogP contribution in [-0.2, 0) is 0 Å². The molecule has 3 rings (SSSR count).